The lowest BCUT2D eigenvalue weighted by Gasteiger charge is -2.06. The molecule has 0 aliphatic carbocycles. The van der Waals surface area contributed by atoms with E-state index < -0.39 is 5.91 Å². The Balaban J connectivity index is 1.77. The Bertz CT molecular complexity index is 834. The monoisotopic (exact) mass is 327 g/mol. The van der Waals surface area contributed by atoms with Crippen LogP contribution in [0.5, 0.6) is 11.5 Å². The molecule has 0 bridgehead atoms. The highest BCUT2D eigenvalue weighted by Gasteiger charge is 2.14. The molecule has 0 radical (unpaired) electrons. The van der Waals surface area contributed by atoms with Crippen LogP contribution in [-0.4, -0.2) is 28.1 Å². The molecule has 23 heavy (non-hydrogen) atoms. The SMILES string of the molecule is COc1ccc(C(=O)Nc2nc(-c3ccccn3)cs2)c(O)c1. The summed E-state index contributed by atoms with van der Waals surface area (Å²) in [5.41, 5.74) is 1.57. The summed E-state index contributed by atoms with van der Waals surface area (Å²) in [5.74, 6) is -0.110. The van der Waals surface area contributed by atoms with E-state index in [4.69, 9.17) is 4.74 Å². The fourth-order valence-electron chi connectivity index (χ4n) is 1.96. The number of aromatic hydroxyl groups is 1. The third-order valence-electron chi connectivity index (χ3n) is 3.10. The van der Waals surface area contributed by atoms with Gasteiger partial charge in [0.1, 0.15) is 17.2 Å². The number of thiazole rings is 1. The second-order valence-electron chi connectivity index (χ2n) is 4.59. The number of aromatic nitrogens is 2. The molecule has 1 aromatic carbocycles. The number of rotatable bonds is 4. The number of anilines is 1. The first-order valence-electron chi connectivity index (χ1n) is 6.72. The molecule has 7 heteroatoms. The molecule has 0 saturated heterocycles. The number of phenolic OH excluding ortho intramolecular Hbond substituents is 1. The van der Waals surface area contributed by atoms with Gasteiger partial charge in [0, 0.05) is 17.6 Å². The summed E-state index contributed by atoms with van der Waals surface area (Å²) < 4.78 is 4.99. The topological polar surface area (TPSA) is 84.3 Å². The summed E-state index contributed by atoms with van der Waals surface area (Å²) in [5, 5.41) is 14.8. The van der Waals surface area contributed by atoms with Gasteiger partial charge in [-0.2, -0.15) is 0 Å². The molecular formula is C16H13N3O3S. The third kappa shape index (κ3) is 3.29. The van der Waals surface area contributed by atoms with E-state index in [1.807, 2.05) is 23.6 Å². The van der Waals surface area contributed by atoms with Crippen molar-refractivity contribution in [3.63, 3.8) is 0 Å². The standard InChI is InChI=1S/C16H13N3O3S/c1-22-10-5-6-11(14(20)8-10)15(21)19-16-18-13(9-23-16)12-4-2-3-7-17-12/h2-9,20H,1H3,(H,18,19,21). The van der Waals surface area contributed by atoms with E-state index in [1.54, 1.807) is 12.3 Å². The molecule has 2 N–H and O–H groups in total. The second-order valence-corrected chi connectivity index (χ2v) is 5.45. The molecule has 0 saturated carbocycles. The average Bonchev–Trinajstić information content (AvgIpc) is 3.03. The van der Waals surface area contributed by atoms with Crippen molar-refractivity contribution in [2.75, 3.05) is 12.4 Å². The van der Waals surface area contributed by atoms with E-state index in [2.05, 4.69) is 15.3 Å². The molecule has 1 amide bonds. The number of methoxy groups -OCH3 is 1. The first-order chi connectivity index (χ1) is 11.2. The number of hydrogen-bond donors (Lipinski definition) is 2. The van der Waals surface area contributed by atoms with E-state index in [-0.39, 0.29) is 11.3 Å². The molecule has 0 atom stereocenters. The lowest BCUT2D eigenvalue weighted by molar-refractivity contribution is 0.102. The van der Waals surface area contributed by atoms with Crippen LogP contribution in [0.25, 0.3) is 11.4 Å². The number of benzene rings is 1. The van der Waals surface area contributed by atoms with Crippen molar-refractivity contribution in [3.8, 4) is 22.9 Å². The van der Waals surface area contributed by atoms with Gasteiger partial charge in [0.05, 0.1) is 18.4 Å². The minimum atomic E-state index is -0.438. The van der Waals surface area contributed by atoms with Gasteiger partial charge in [0.15, 0.2) is 5.13 Å². The molecule has 0 unspecified atom stereocenters. The highest BCUT2D eigenvalue weighted by molar-refractivity contribution is 7.14. The van der Waals surface area contributed by atoms with Crippen LogP contribution in [-0.2, 0) is 0 Å². The van der Waals surface area contributed by atoms with Crippen LogP contribution in [0, 0.1) is 0 Å². The predicted molar refractivity (Wildman–Crippen MR) is 88.0 cm³/mol. The Morgan fingerprint density at radius 1 is 1.26 bits per heavy atom. The number of carbonyl (C=O) groups excluding carboxylic acids is 1. The van der Waals surface area contributed by atoms with Gasteiger partial charge in [-0.15, -0.1) is 11.3 Å². The molecule has 6 nitrogen and oxygen atoms in total. The van der Waals surface area contributed by atoms with E-state index >= 15 is 0 Å². The van der Waals surface area contributed by atoms with Gasteiger partial charge in [-0.1, -0.05) is 6.07 Å². The van der Waals surface area contributed by atoms with Crippen molar-refractivity contribution in [2.45, 2.75) is 0 Å². The number of carbonyl (C=O) groups is 1. The fraction of sp³-hybridized carbons (Fsp3) is 0.0625. The Labute approximate surface area is 136 Å². The van der Waals surface area contributed by atoms with Crippen LogP contribution in [0.15, 0.2) is 48.0 Å². The van der Waals surface area contributed by atoms with Crippen LogP contribution in [0.4, 0.5) is 5.13 Å². The number of amides is 1. The van der Waals surface area contributed by atoms with Crippen molar-refractivity contribution in [1.29, 1.82) is 0 Å². The minimum absolute atomic E-state index is 0.150. The first-order valence-corrected chi connectivity index (χ1v) is 7.60. The lowest BCUT2D eigenvalue weighted by Crippen LogP contribution is -2.11. The number of pyridine rings is 1. The fourth-order valence-corrected chi connectivity index (χ4v) is 2.66. The summed E-state index contributed by atoms with van der Waals surface area (Å²) >= 11 is 1.29. The normalized spacial score (nSPS) is 10.3. The van der Waals surface area contributed by atoms with Gasteiger partial charge in [0.2, 0.25) is 0 Å². The number of nitrogens with one attached hydrogen (secondary N) is 1. The predicted octanol–water partition coefficient (Wildman–Crippen LogP) is 3.17. The lowest BCUT2D eigenvalue weighted by atomic mass is 10.2. The van der Waals surface area contributed by atoms with Crippen LogP contribution in [0.1, 0.15) is 10.4 Å². The maximum atomic E-state index is 12.2. The molecule has 116 valence electrons. The molecular weight excluding hydrogens is 314 g/mol. The van der Waals surface area contributed by atoms with E-state index in [1.165, 1.54) is 30.6 Å². The van der Waals surface area contributed by atoms with Gasteiger partial charge in [-0.25, -0.2) is 4.98 Å². The molecule has 0 aliphatic rings. The number of phenols is 1. The zero-order valence-corrected chi connectivity index (χ0v) is 13.0. The Morgan fingerprint density at radius 2 is 2.13 bits per heavy atom. The molecule has 3 rings (SSSR count). The highest BCUT2D eigenvalue weighted by Crippen LogP contribution is 2.26. The van der Waals surface area contributed by atoms with Crippen molar-refractivity contribution in [3.05, 3.63) is 53.5 Å². The zero-order chi connectivity index (χ0) is 16.2. The van der Waals surface area contributed by atoms with Crippen molar-refractivity contribution in [2.24, 2.45) is 0 Å². The highest BCUT2D eigenvalue weighted by atomic mass is 32.1. The van der Waals surface area contributed by atoms with Crippen LogP contribution in [0.2, 0.25) is 0 Å². The zero-order valence-electron chi connectivity index (χ0n) is 12.2. The summed E-state index contributed by atoms with van der Waals surface area (Å²) in [6.07, 6.45) is 1.68. The smallest absolute Gasteiger partial charge is 0.261 e. The van der Waals surface area contributed by atoms with Crippen LogP contribution < -0.4 is 10.1 Å². The Morgan fingerprint density at radius 3 is 2.83 bits per heavy atom. The maximum absolute atomic E-state index is 12.2. The van der Waals surface area contributed by atoms with E-state index in [9.17, 15) is 9.90 Å². The summed E-state index contributed by atoms with van der Waals surface area (Å²) in [7, 11) is 1.49. The maximum Gasteiger partial charge on any atom is 0.261 e. The van der Waals surface area contributed by atoms with Crippen molar-refractivity contribution >= 4 is 22.4 Å². The van der Waals surface area contributed by atoms with Crippen molar-refractivity contribution < 1.29 is 14.6 Å². The van der Waals surface area contributed by atoms with Crippen LogP contribution in [0.3, 0.4) is 0 Å². The number of hydrogen-bond acceptors (Lipinski definition) is 6. The van der Waals surface area contributed by atoms with E-state index in [0.717, 1.165) is 5.69 Å². The van der Waals surface area contributed by atoms with Crippen LogP contribution >= 0.6 is 11.3 Å². The quantitative estimate of drug-likeness (QED) is 0.769. The molecule has 2 heterocycles. The third-order valence-corrected chi connectivity index (χ3v) is 3.86. The minimum Gasteiger partial charge on any atom is -0.507 e. The van der Waals surface area contributed by atoms with Gasteiger partial charge in [-0.05, 0) is 24.3 Å². The largest absolute Gasteiger partial charge is 0.507 e. The van der Waals surface area contributed by atoms with Gasteiger partial charge < -0.3 is 9.84 Å². The Kier molecular flexibility index (Phi) is 4.20. The number of ether oxygens (including phenoxy) is 1. The first kappa shape index (κ1) is 15.0. The summed E-state index contributed by atoms with van der Waals surface area (Å²) in [6, 6.07) is 10.0. The molecule has 0 fully saturated rings. The molecule has 0 aliphatic heterocycles. The van der Waals surface area contributed by atoms with Gasteiger partial charge >= 0.3 is 0 Å². The second kappa shape index (κ2) is 6.45. The number of nitrogens with zero attached hydrogens (tertiary/aromatic N) is 2. The molecule has 0 spiro atoms. The molecule has 3 aromatic rings. The summed E-state index contributed by atoms with van der Waals surface area (Å²) in [6.45, 7) is 0. The van der Waals surface area contributed by atoms with Gasteiger partial charge in [0.25, 0.3) is 5.91 Å². The van der Waals surface area contributed by atoms with E-state index in [0.29, 0.717) is 16.6 Å². The van der Waals surface area contributed by atoms with Crippen molar-refractivity contribution in [1.82, 2.24) is 9.97 Å². The average molecular weight is 327 g/mol. The Hall–Kier alpha value is -2.93. The van der Waals surface area contributed by atoms with Gasteiger partial charge in [-0.3, -0.25) is 15.1 Å². The summed E-state index contributed by atoms with van der Waals surface area (Å²) in [4.78, 5) is 20.8. The molecule has 2 aromatic heterocycles.